The summed E-state index contributed by atoms with van der Waals surface area (Å²) >= 11 is 0. The van der Waals surface area contributed by atoms with Gasteiger partial charge in [-0.2, -0.15) is 0 Å². The molecule has 1 amide bonds. The monoisotopic (exact) mass is 410 g/mol. The Kier molecular flexibility index (Phi) is 6.81. The zero-order chi connectivity index (χ0) is 20.8. The molecule has 1 atom stereocenters. The number of anilines is 1. The third-order valence-electron chi connectivity index (χ3n) is 5.89. The Labute approximate surface area is 178 Å². The van der Waals surface area contributed by atoms with Crippen LogP contribution in [0.4, 0.5) is 5.69 Å². The molecule has 1 N–H and O–H groups in total. The number of carbonyl (C=O) groups is 1. The van der Waals surface area contributed by atoms with E-state index in [1.54, 1.807) is 13.3 Å². The molecule has 2 fully saturated rings. The zero-order valence-corrected chi connectivity index (χ0v) is 17.5. The largest absolute Gasteiger partial charge is 0.497 e. The van der Waals surface area contributed by atoms with Crippen LogP contribution in [0.1, 0.15) is 34.9 Å². The highest BCUT2D eigenvalue weighted by Gasteiger charge is 2.24. The minimum Gasteiger partial charge on any atom is -0.497 e. The van der Waals surface area contributed by atoms with Gasteiger partial charge < -0.3 is 19.7 Å². The lowest BCUT2D eigenvalue weighted by molar-refractivity contribution is 0.0933. The Hall–Kier alpha value is -2.64. The Morgan fingerprint density at radius 3 is 2.57 bits per heavy atom. The van der Waals surface area contributed by atoms with Crippen LogP contribution in [0.25, 0.3) is 0 Å². The Morgan fingerprint density at radius 2 is 1.87 bits per heavy atom. The molecular formula is C23H30N4O3. The van der Waals surface area contributed by atoms with Crippen molar-refractivity contribution in [2.45, 2.75) is 18.9 Å². The van der Waals surface area contributed by atoms with Crippen LogP contribution < -0.4 is 15.0 Å². The van der Waals surface area contributed by atoms with Gasteiger partial charge in [0.15, 0.2) is 0 Å². The number of methoxy groups -OCH3 is 1. The standard InChI is InChI=1S/C23H30N4O3/c1-29-20-6-4-18(5-7-20)22(27-10-2-3-11-27)17-25-23(28)21-16-19(8-9-24-21)26-12-14-30-15-13-26/h4-9,16,22H,2-3,10-15,17H2,1H3,(H,25,28). The average molecular weight is 411 g/mol. The lowest BCUT2D eigenvalue weighted by Gasteiger charge is -2.29. The van der Waals surface area contributed by atoms with Crippen LogP contribution in [0.2, 0.25) is 0 Å². The SMILES string of the molecule is COc1ccc(C(CNC(=O)c2cc(N3CCOCC3)ccn2)N2CCCC2)cc1. The van der Waals surface area contributed by atoms with Crippen LogP contribution in [0.5, 0.6) is 5.75 Å². The van der Waals surface area contributed by atoms with E-state index in [4.69, 9.17) is 9.47 Å². The van der Waals surface area contributed by atoms with Gasteiger partial charge in [-0.05, 0) is 55.8 Å². The number of benzene rings is 1. The number of carbonyl (C=O) groups excluding carboxylic acids is 1. The van der Waals surface area contributed by atoms with Gasteiger partial charge in [0.2, 0.25) is 0 Å². The summed E-state index contributed by atoms with van der Waals surface area (Å²) < 4.78 is 10.7. The molecule has 1 aromatic heterocycles. The van der Waals surface area contributed by atoms with Crippen molar-refractivity contribution < 1.29 is 14.3 Å². The van der Waals surface area contributed by atoms with Gasteiger partial charge in [-0.3, -0.25) is 14.7 Å². The van der Waals surface area contributed by atoms with Crippen molar-refractivity contribution in [3.05, 3.63) is 53.9 Å². The Balaban J connectivity index is 1.44. The molecule has 4 rings (SSSR count). The van der Waals surface area contributed by atoms with Crippen molar-refractivity contribution in [3.63, 3.8) is 0 Å². The van der Waals surface area contributed by atoms with E-state index < -0.39 is 0 Å². The number of nitrogens with one attached hydrogen (secondary N) is 1. The highest BCUT2D eigenvalue weighted by atomic mass is 16.5. The summed E-state index contributed by atoms with van der Waals surface area (Å²) in [7, 11) is 1.67. The van der Waals surface area contributed by atoms with Crippen molar-refractivity contribution in [2.24, 2.45) is 0 Å². The second-order valence-electron chi connectivity index (χ2n) is 7.74. The fraction of sp³-hybridized carbons (Fsp3) is 0.478. The average Bonchev–Trinajstić information content (AvgIpc) is 3.35. The molecule has 7 heteroatoms. The van der Waals surface area contributed by atoms with E-state index in [1.165, 1.54) is 18.4 Å². The van der Waals surface area contributed by atoms with E-state index in [9.17, 15) is 4.79 Å². The van der Waals surface area contributed by atoms with E-state index in [2.05, 4.69) is 32.2 Å². The molecule has 30 heavy (non-hydrogen) atoms. The predicted octanol–water partition coefficient (Wildman–Crippen LogP) is 2.49. The number of hydrogen-bond acceptors (Lipinski definition) is 6. The number of likely N-dealkylation sites (tertiary alicyclic amines) is 1. The molecule has 0 saturated carbocycles. The summed E-state index contributed by atoms with van der Waals surface area (Å²) in [6, 6.07) is 12.1. The van der Waals surface area contributed by atoms with Gasteiger partial charge >= 0.3 is 0 Å². The van der Waals surface area contributed by atoms with Crippen molar-refractivity contribution in [1.29, 1.82) is 0 Å². The summed E-state index contributed by atoms with van der Waals surface area (Å²) in [5.74, 6) is 0.704. The number of hydrogen-bond donors (Lipinski definition) is 1. The molecule has 0 radical (unpaired) electrons. The second-order valence-corrected chi connectivity index (χ2v) is 7.74. The number of rotatable bonds is 7. The van der Waals surface area contributed by atoms with Crippen LogP contribution >= 0.6 is 0 Å². The first-order valence-corrected chi connectivity index (χ1v) is 10.7. The minimum atomic E-state index is -0.136. The Bertz CT molecular complexity index is 831. The molecule has 0 aliphatic carbocycles. The van der Waals surface area contributed by atoms with Crippen LogP contribution in [0.15, 0.2) is 42.6 Å². The first-order valence-electron chi connectivity index (χ1n) is 10.7. The number of ether oxygens (including phenoxy) is 2. The second kappa shape index (κ2) is 9.91. The fourth-order valence-electron chi connectivity index (χ4n) is 4.18. The van der Waals surface area contributed by atoms with Gasteiger partial charge in [0, 0.05) is 31.5 Å². The molecule has 7 nitrogen and oxygen atoms in total. The summed E-state index contributed by atoms with van der Waals surface area (Å²) in [4.78, 5) is 21.9. The quantitative estimate of drug-likeness (QED) is 0.757. The van der Waals surface area contributed by atoms with Gasteiger partial charge in [0.1, 0.15) is 11.4 Å². The van der Waals surface area contributed by atoms with E-state index in [0.717, 1.165) is 37.6 Å². The lowest BCUT2D eigenvalue weighted by Crippen LogP contribution is -2.38. The van der Waals surface area contributed by atoms with Gasteiger partial charge in [0.05, 0.1) is 26.4 Å². The molecule has 2 aliphatic rings. The third-order valence-corrected chi connectivity index (χ3v) is 5.89. The lowest BCUT2D eigenvalue weighted by atomic mass is 10.1. The van der Waals surface area contributed by atoms with Crippen molar-refractivity contribution in [3.8, 4) is 5.75 Å². The van der Waals surface area contributed by atoms with Gasteiger partial charge in [-0.25, -0.2) is 0 Å². The fourth-order valence-corrected chi connectivity index (χ4v) is 4.18. The van der Waals surface area contributed by atoms with E-state index >= 15 is 0 Å². The van der Waals surface area contributed by atoms with Crippen LogP contribution in [-0.4, -0.2) is 68.8 Å². The highest BCUT2D eigenvalue weighted by molar-refractivity contribution is 5.93. The summed E-state index contributed by atoms with van der Waals surface area (Å²) in [6.45, 7) is 5.74. The third kappa shape index (κ3) is 4.91. The van der Waals surface area contributed by atoms with Gasteiger partial charge in [-0.15, -0.1) is 0 Å². The van der Waals surface area contributed by atoms with Crippen LogP contribution in [-0.2, 0) is 4.74 Å². The van der Waals surface area contributed by atoms with E-state index in [0.29, 0.717) is 25.5 Å². The molecule has 0 spiro atoms. The summed E-state index contributed by atoms with van der Waals surface area (Å²) in [5.41, 5.74) is 2.66. The topological polar surface area (TPSA) is 66.9 Å². The molecule has 3 heterocycles. The maximum atomic E-state index is 12.9. The van der Waals surface area contributed by atoms with Gasteiger partial charge in [-0.1, -0.05) is 12.1 Å². The number of pyridine rings is 1. The predicted molar refractivity (Wildman–Crippen MR) is 116 cm³/mol. The van der Waals surface area contributed by atoms with Gasteiger partial charge in [0.25, 0.3) is 5.91 Å². The van der Waals surface area contributed by atoms with Crippen molar-refractivity contribution in [1.82, 2.24) is 15.2 Å². The number of aromatic nitrogens is 1. The highest BCUT2D eigenvalue weighted by Crippen LogP contribution is 2.26. The van der Waals surface area contributed by atoms with Crippen LogP contribution in [0.3, 0.4) is 0 Å². The minimum absolute atomic E-state index is 0.136. The maximum Gasteiger partial charge on any atom is 0.270 e. The normalized spacial score (nSPS) is 18.2. The first kappa shape index (κ1) is 20.6. The van der Waals surface area contributed by atoms with Crippen LogP contribution in [0, 0.1) is 0 Å². The Morgan fingerprint density at radius 1 is 1.13 bits per heavy atom. The molecule has 2 saturated heterocycles. The first-order chi connectivity index (χ1) is 14.7. The maximum absolute atomic E-state index is 12.9. The molecule has 1 aromatic carbocycles. The van der Waals surface area contributed by atoms with Crippen molar-refractivity contribution >= 4 is 11.6 Å². The molecular weight excluding hydrogens is 380 g/mol. The van der Waals surface area contributed by atoms with E-state index in [1.807, 2.05) is 24.3 Å². The molecule has 1 unspecified atom stereocenters. The molecule has 0 bridgehead atoms. The molecule has 2 aliphatic heterocycles. The smallest absolute Gasteiger partial charge is 0.270 e. The van der Waals surface area contributed by atoms with Crippen molar-refractivity contribution in [2.75, 3.05) is 57.9 Å². The molecule has 2 aromatic rings. The number of nitrogens with zero attached hydrogens (tertiary/aromatic N) is 3. The molecule has 160 valence electrons. The van der Waals surface area contributed by atoms with E-state index in [-0.39, 0.29) is 11.9 Å². The number of amides is 1. The zero-order valence-electron chi connectivity index (χ0n) is 17.5. The number of morpholine rings is 1. The summed E-state index contributed by atoms with van der Waals surface area (Å²) in [6.07, 6.45) is 4.11. The summed E-state index contributed by atoms with van der Waals surface area (Å²) in [5, 5.41) is 3.12.